The molecule has 48 heavy (non-hydrogen) atoms. The highest BCUT2D eigenvalue weighted by atomic mass is 32.2. The molecule has 0 heterocycles. The van der Waals surface area contributed by atoms with Crippen molar-refractivity contribution >= 4 is 27.5 Å². The summed E-state index contributed by atoms with van der Waals surface area (Å²) >= 11 is 0. The Balaban J connectivity index is 1.87. The summed E-state index contributed by atoms with van der Waals surface area (Å²) in [4.78, 5) is 30.3. The molecule has 4 aromatic rings. The van der Waals surface area contributed by atoms with Crippen molar-refractivity contribution in [3.05, 3.63) is 119 Å². The van der Waals surface area contributed by atoms with Crippen LogP contribution in [0.4, 0.5) is 5.69 Å². The molecule has 10 heteroatoms. The second kappa shape index (κ2) is 16.3. The zero-order chi connectivity index (χ0) is 34.8. The number of carbonyl (C=O) groups excluding carboxylic acids is 2. The van der Waals surface area contributed by atoms with Gasteiger partial charge in [0.1, 0.15) is 24.1 Å². The van der Waals surface area contributed by atoms with Gasteiger partial charge in [-0.25, -0.2) is 8.42 Å². The van der Waals surface area contributed by atoms with E-state index in [4.69, 9.17) is 9.47 Å². The summed E-state index contributed by atoms with van der Waals surface area (Å²) in [5, 5.41) is 3.02. The maximum absolute atomic E-state index is 14.8. The highest BCUT2D eigenvalue weighted by Crippen LogP contribution is 2.36. The molecule has 4 rings (SSSR count). The average Bonchev–Trinajstić information content (AvgIpc) is 3.08. The lowest BCUT2D eigenvalue weighted by Gasteiger charge is -2.34. The third kappa shape index (κ3) is 8.95. The number of rotatable bonds is 15. The molecule has 0 radical (unpaired) electrons. The van der Waals surface area contributed by atoms with Crippen LogP contribution in [-0.2, 0) is 32.6 Å². The summed E-state index contributed by atoms with van der Waals surface area (Å²) in [6.07, 6.45) is 0.232. The number of nitrogens with zero attached hydrogens (tertiary/aromatic N) is 2. The number of aryl methyl sites for hydroxylation is 2. The van der Waals surface area contributed by atoms with Crippen LogP contribution in [0.1, 0.15) is 36.1 Å². The predicted molar refractivity (Wildman–Crippen MR) is 189 cm³/mol. The molecule has 0 spiro atoms. The number of sulfonamides is 1. The highest BCUT2D eigenvalue weighted by Gasteiger charge is 2.36. The molecule has 254 valence electrons. The number of benzene rings is 4. The maximum Gasteiger partial charge on any atom is 0.264 e. The first kappa shape index (κ1) is 36.0. The van der Waals surface area contributed by atoms with Crippen LogP contribution in [0, 0.1) is 19.8 Å². The van der Waals surface area contributed by atoms with Gasteiger partial charge in [-0.2, -0.15) is 0 Å². The van der Waals surface area contributed by atoms with Gasteiger partial charge in [0.15, 0.2) is 0 Å². The van der Waals surface area contributed by atoms with E-state index in [1.807, 2.05) is 82.3 Å². The third-order valence-electron chi connectivity index (χ3n) is 8.10. The molecule has 1 atom stereocenters. The lowest BCUT2D eigenvalue weighted by molar-refractivity contribution is -0.140. The second-order valence-electron chi connectivity index (χ2n) is 12.2. The first-order chi connectivity index (χ1) is 22.9. The average molecular weight is 672 g/mol. The summed E-state index contributed by atoms with van der Waals surface area (Å²) in [7, 11) is -1.41. The van der Waals surface area contributed by atoms with E-state index in [0.717, 1.165) is 26.6 Å². The number of hydrogen-bond donors (Lipinski definition) is 1. The van der Waals surface area contributed by atoms with Gasteiger partial charge in [-0.3, -0.25) is 13.9 Å². The lowest BCUT2D eigenvalue weighted by Crippen LogP contribution is -2.53. The standard InChI is InChI=1S/C38H45N3O6S/c1-27(2)24-39-38(43)35(22-30-13-8-7-9-14-30)40(25-31-15-11-10-12-29(31)4)37(42)26-41(34-23-32(46-5)18-21-36(34)47-6)48(44,45)33-19-16-28(3)17-20-33/h7-21,23,27,35H,22,24-26H2,1-6H3,(H,39,43)/t35-/m1/s1. The van der Waals surface area contributed by atoms with E-state index < -0.39 is 28.5 Å². The van der Waals surface area contributed by atoms with Crippen molar-refractivity contribution in [2.24, 2.45) is 5.92 Å². The molecule has 4 aromatic carbocycles. The molecule has 0 unspecified atom stereocenters. The van der Waals surface area contributed by atoms with Crippen molar-refractivity contribution in [1.82, 2.24) is 10.2 Å². The largest absolute Gasteiger partial charge is 0.497 e. The Morgan fingerprint density at radius 1 is 0.833 bits per heavy atom. The van der Waals surface area contributed by atoms with Gasteiger partial charge in [-0.15, -0.1) is 0 Å². The normalized spacial score (nSPS) is 11.9. The van der Waals surface area contributed by atoms with Gasteiger partial charge in [0.2, 0.25) is 11.8 Å². The molecule has 0 aromatic heterocycles. The van der Waals surface area contributed by atoms with Crippen LogP contribution in [0.15, 0.2) is 102 Å². The fourth-order valence-corrected chi connectivity index (χ4v) is 6.71. The van der Waals surface area contributed by atoms with Crippen LogP contribution in [0.5, 0.6) is 11.5 Å². The van der Waals surface area contributed by atoms with Crippen LogP contribution in [-0.4, -0.2) is 58.5 Å². The third-order valence-corrected chi connectivity index (χ3v) is 9.87. The van der Waals surface area contributed by atoms with Gasteiger partial charge < -0.3 is 19.7 Å². The smallest absolute Gasteiger partial charge is 0.264 e. The summed E-state index contributed by atoms with van der Waals surface area (Å²) in [6.45, 7) is 7.71. The van der Waals surface area contributed by atoms with Crippen LogP contribution in [0.3, 0.4) is 0 Å². The Morgan fingerprint density at radius 2 is 1.50 bits per heavy atom. The van der Waals surface area contributed by atoms with E-state index >= 15 is 0 Å². The SMILES string of the molecule is COc1ccc(OC)c(N(CC(=O)N(Cc2ccccc2C)[C@H](Cc2ccccc2)C(=O)NCC(C)C)S(=O)(=O)c2ccc(C)cc2)c1. The number of ether oxygens (including phenoxy) is 2. The maximum atomic E-state index is 14.8. The fraction of sp³-hybridized carbons (Fsp3) is 0.316. The monoisotopic (exact) mass is 671 g/mol. The summed E-state index contributed by atoms with van der Waals surface area (Å²) in [5.74, 6) is -0.0715. The van der Waals surface area contributed by atoms with Crippen molar-refractivity contribution in [1.29, 1.82) is 0 Å². The Bertz CT molecular complexity index is 1790. The molecular weight excluding hydrogens is 627 g/mol. The van der Waals surface area contributed by atoms with E-state index in [1.54, 1.807) is 24.3 Å². The van der Waals surface area contributed by atoms with Crippen molar-refractivity contribution < 1.29 is 27.5 Å². The van der Waals surface area contributed by atoms with Crippen molar-refractivity contribution in [2.75, 3.05) is 31.6 Å². The van der Waals surface area contributed by atoms with E-state index in [9.17, 15) is 18.0 Å². The van der Waals surface area contributed by atoms with E-state index in [0.29, 0.717) is 12.3 Å². The minimum absolute atomic E-state index is 0.00624. The molecule has 0 aliphatic rings. The van der Waals surface area contributed by atoms with E-state index in [2.05, 4.69) is 5.32 Å². The number of nitrogens with one attached hydrogen (secondary N) is 1. The number of hydrogen-bond acceptors (Lipinski definition) is 6. The Hall–Kier alpha value is -4.83. The van der Waals surface area contributed by atoms with Crippen LogP contribution in [0.2, 0.25) is 0 Å². The number of amides is 2. The van der Waals surface area contributed by atoms with E-state index in [-0.39, 0.29) is 41.1 Å². The minimum atomic E-state index is -4.31. The van der Waals surface area contributed by atoms with Crippen molar-refractivity contribution in [3.63, 3.8) is 0 Å². The Labute approximate surface area is 284 Å². The minimum Gasteiger partial charge on any atom is -0.497 e. The summed E-state index contributed by atoms with van der Waals surface area (Å²) in [5.41, 5.74) is 3.66. The summed E-state index contributed by atoms with van der Waals surface area (Å²) < 4.78 is 40.9. The topological polar surface area (TPSA) is 105 Å². The van der Waals surface area contributed by atoms with Gasteiger partial charge in [0.05, 0.1) is 24.8 Å². The lowest BCUT2D eigenvalue weighted by atomic mass is 10.0. The number of methoxy groups -OCH3 is 2. The predicted octanol–water partition coefficient (Wildman–Crippen LogP) is 5.93. The van der Waals surface area contributed by atoms with E-state index in [1.165, 1.54) is 37.3 Å². The fourth-order valence-electron chi connectivity index (χ4n) is 5.29. The quantitative estimate of drug-likeness (QED) is 0.168. The first-order valence-electron chi connectivity index (χ1n) is 15.9. The molecule has 0 bridgehead atoms. The van der Waals surface area contributed by atoms with Crippen LogP contribution >= 0.6 is 0 Å². The highest BCUT2D eigenvalue weighted by molar-refractivity contribution is 7.92. The molecule has 9 nitrogen and oxygen atoms in total. The van der Waals surface area contributed by atoms with Gasteiger partial charge in [-0.1, -0.05) is 86.1 Å². The molecule has 0 aliphatic heterocycles. The Morgan fingerprint density at radius 3 is 2.12 bits per heavy atom. The zero-order valence-corrected chi connectivity index (χ0v) is 29.3. The molecule has 0 fully saturated rings. The number of carbonyl (C=O) groups is 2. The van der Waals surface area contributed by atoms with Gasteiger partial charge >= 0.3 is 0 Å². The molecular formula is C38H45N3O6S. The molecule has 0 aliphatic carbocycles. The van der Waals surface area contributed by atoms with Crippen molar-refractivity contribution in [3.8, 4) is 11.5 Å². The van der Waals surface area contributed by atoms with Gasteiger partial charge in [-0.05, 0) is 60.7 Å². The van der Waals surface area contributed by atoms with Crippen LogP contribution < -0.4 is 19.1 Å². The first-order valence-corrected chi connectivity index (χ1v) is 17.4. The molecule has 0 saturated heterocycles. The van der Waals surface area contributed by atoms with Crippen LogP contribution in [0.25, 0.3) is 0 Å². The number of anilines is 1. The molecule has 1 N–H and O–H groups in total. The zero-order valence-electron chi connectivity index (χ0n) is 28.5. The second-order valence-corrected chi connectivity index (χ2v) is 14.0. The van der Waals surface area contributed by atoms with Crippen molar-refractivity contribution in [2.45, 2.75) is 51.6 Å². The van der Waals surface area contributed by atoms with Gasteiger partial charge in [0, 0.05) is 25.6 Å². The summed E-state index contributed by atoms with van der Waals surface area (Å²) in [6, 6.07) is 27.4. The molecule has 0 saturated carbocycles. The van der Waals surface area contributed by atoms with Gasteiger partial charge in [0.25, 0.3) is 10.0 Å². The Kier molecular flexibility index (Phi) is 12.2. The molecule has 2 amide bonds.